The average Bonchev–Trinajstić information content (AvgIpc) is 2.01. The molecule has 1 unspecified atom stereocenters. The molecule has 0 aromatic rings. The fraction of sp³-hybridized carbons (Fsp3) is 1.00. The van der Waals surface area contributed by atoms with E-state index >= 15 is 0 Å². The molecule has 0 bridgehead atoms. The minimum absolute atomic E-state index is 0.0424. The first-order valence-electron chi connectivity index (χ1n) is 5.72. The highest BCUT2D eigenvalue weighted by Crippen LogP contribution is 2.15. The Morgan fingerprint density at radius 3 is 2.13 bits per heavy atom. The van der Waals surface area contributed by atoms with Crippen LogP contribution < -0.4 is 4.72 Å². The van der Waals surface area contributed by atoms with Crippen LogP contribution in [-0.2, 0) is 10.0 Å². The van der Waals surface area contributed by atoms with Gasteiger partial charge in [0, 0.05) is 6.04 Å². The van der Waals surface area contributed by atoms with Gasteiger partial charge in [0.2, 0.25) is 10.0 Å². The fourth-order valence-electron chi connectivity index (χ4n) is 1.20. The molecule has 0 spiro atoms. The van der Waals surface area contributed by atoms with Gasteiger partial charge in [-0.3, -0.25) is 0 Å². The predicted octanol–water partition coefficient (Wildman–Crippen LogP) is 2.67. The highest BCUT2D eigenvalue weighted by atomic mass is 32.2. The van der Waals surface area contributed by atoms with E-state index in [1.54, 1.807) is 20.8 Å². The molecule has 3 nitrogen and oxygen atoms in total. The second-order valence-electron chi connectivity index (χ2n) is 5.13. The molecule has 0 radical (unpaired) electrons. The van der Waals surface area contributed by atoms with Crippen LogP contribution in [0.15, 0.2) is 0 Å². The normalized spacial score (nSPS) is 15.3. The van der Waals surface area contributed by atoms with Gasteiger partial charge < -0.3 is 0 Å². The largest absolute Gasteiger partial charge is 0.216 e. The summed E-state index contributed by atoms with van der Waals surface area (Å²) in [6, 6.07) is 0.0424. The van der Waals surface area contributed by atoms with E-state index < -0.39 is 14.8 Å². The van der Waals surface area contributed by atoms with Crippen LogP contribution in [0, 0.1) is 0 Å². The molecule has 92 valence electrons. The van der Waals surface area contributed by atoms with Crippen LogP contribution >= 0.6 is 0 Å². The fourth-order valence-corrected chi connectivity index (χ4v) is 2.20. The predicted molar refractivity (Wildman–Crippen MR) is 65.4 cm³/mol. The molecule has 0 rings (SSSR count). The smallest absolute Gasteiger partial charge is 0.212 e. The molecule has 0 aromatic heterocycles. The van der Waals surface area contributed by atoms with Crippen molar-refractivity contribution < 1.29 is 8.42 Å². The summed E-state index contributed by atoms with van der Waals surface area (Å²) in [6.07, 6.45) is 4.34. The van der Waals surface area contributed by atoms with Crippen LogP contribution in [0.5, 0.6) is 0 Å². The van der Waals surface area contributed by atoms with E-state index in [0.717, 1.165) is 12.8 Å². The lowest BCUT2D eigenvalue weighted by Gasteiger charge is -2.23. The quantitative estimate of drug-likeness (QED) is 0.719. The van der Waals surface area contributed by atoms with Crippen molar-refractivity contribution in [2.75, 3.05) is 0 Å². The minimum Gasteiger partial charge on any atom is -0.212 e. The summed E-state index contributed by atoms with van der Waals surface area (Å²) in [7, 11) is -3.18. The van der Waals surface area contributed by atoms with Crippen LogP contribution in [0.3, 0.4) is 0 Å². The van der Waals surface area contributed by atoms with E-state index in [1.165, 1.54) is 12.8 Å². The van der Waals surface area contributed by atoms with Gasteiger partial charge in [-0.25, -0.2) is 13.1 Å². The molecule has 0 amide bonds. The van der Waals surface area contributed by atoms with Gasteiger partial charge in [0.15, 0.2) is 0 Å². The Balaban J connectivity index is 4.12. The second kappa shape index (κ2) is 5.85. The van der Waals surface area contributed by atoms with Crippen molar-refractivity contribution >= 4 is 10.0 Å². The summed E-state index contributed by atoms with van der Waals surface area (Å²) in [6.45, 7) is 9.22. The van der Waals surface area contributed by atoms with Crippen molar-refractivity contribution in [2.24, 2.45) is 0 Å². The number of hydrogen-bond acceptors (Lipinski definition) is 2. The number of nitrogens with one attached hydrogen (secondary N) is 1. The molecule has 15 heavy (non-hydrogen) atoms. The number of unbranched alkanes of at least 4 members (excludes halogenated alkanes) is 2. The third kappa shape index (κ3) is 5.52. The lowest BCUT2D eigenvalue weighted by atomic mass is 10.1. The molecule has 4 heteroatoms. The molecule has 1 atom stereocenters. The molecule has 0 aliphatic rings. The zero-order valence-corrected chi connectivity index (χ0v) is 11.4. The van der Waals surface area contributed by atoms with Gasteiger partial charge in [0.1, 0.15) is 0 Å². The second-order valence-corrected chi connectivity index (χ2v) is 7.60. The van der Waals surface area contributed by atoms with Crippen molar-refractivity contribution in [3.05, 3.63) is 0 Å². The summed E-state index contributed by atoms with van der Waals surface area (Å²) >= 11 is 0. The number of sulfonamides is 1. The number of hydrogen-bond donors (Lipinski definition) is 1. The molecule has 0 saturated carbocycles. The topological polar surface area (TPSA) is 46.2 Å². The summed E-state index contributed by atoms with van der Waals surface area (Å²) in [5.74, 6) is 0. The average molecular weight is 235 g/mol. The third-order valence-electron chi connectivity index (χ3n) is 2.40. The van der Waals surface area contributed by atoms with E-state index in [-0.39, 0.29) is 6.04 Å². The van der Waals surface area contributed by atoms with Crippen molar-refractivity contribution in [1.29, 1.82) is 0 Å². The molecule has 1 N–H and O–H groups in total. The third-order valence-corrected chi connectivity index (χ3v) is 4.73. The van der Waals surface area contributed by atoms with Gasteiger partial charge in [0.05, 0.1) is 4.75 Å². The monoisotopic (exact) mass is 235 g/mol. The molecular formula is C11H25NO2S. The van der Waals surface area contributed by atoms with Crippen LogP contribution in [-0.4, -0.2) is 19.2 Å². The van der Waals surface area contributed by atoms with Crippen LogP contribution in [0.25, 0.3) is 0 Å². The van der Waals surface area contributed by atoms with E-state index in [1.807, 2.05) is 6.92 Å². The Kier molecular flexibility index (Phi) is 5.81. The molecule has 0 saturated heterocycles. The van der Waals surface area contributed by atoms with Gasteiger partial charge in [0.25, 0.3) is 0 Å². The van der Waals surface area contributed by atoms with Crippen LogP contribution in [0.4, 0.5) is 0 Å². The highest BCUT2D eigenvalue weighted by molar-refractivity contribution is 7.90. The van der Waals surface area contributed by atoms with Gasteiger partial charge in [-0.05, 0) is 34.1 Å². The summed E-state index contributed by atoms with van der Waals surface area (Å²) in [5, 5.41) is 0. The molecular weight excluding hydrogens is 210 g/mol. The standard InChI is InChI=1S/C11H25NO2S/c1-6-7-8-9-10(2)12-15(13,14)11(3,4)5/h10,12H,6-9H2,1-5H3. The van der Waals surface area contributed by atoms with Crippen molar-refractivity contribution in [1.82, 2.24) is 4.72 Å². The minimum atomic E-state index is -3.18. The molecule has 0 aliphatic carbocycles. The van der Waals surface area contributed by atoms with Gasteiger partial charge in [-0.2, -0.15) is 0 Å². The maximum atomic E-state index is 11.8. The lowest BCUT2D eigenvalue weighted by molar-refractivity contribution is 0.505. The van der Waals surface area contributed by atoms with E-state index in [2.05, 4.69) is 11.6 Å². The Morgan fingerprint density at radius 1 is 1.20 bits per heavy atom. The Labute approximate surface area is 94.7 Å². The zero-order valence-electron chi connectivity index (χ0n) is 10.6. The number of rotatable bonds is 6. The van der Waals surface area contributed by atoms with Crippen LogP contribution in [0.2, 0.25) is 0 Å². The van der Waals surface area contributed by atoms with Crippen molar-refractivity contribution in [3.8, 4) is 0 Å². The Hall–Kier alpha value is -0.0900. The van der Waals surface area contributed by atoms with Gasteiger partial charge in [-0.1, -0.05) is 26.2 Å². The molecule has 0 fully saturated rings. The van der Waals surface area contributed by atoms with Crippen molar-refractivity contribution in [3.63, 3.8) is 0 Å². The Bertz CT molecular complexity index is 265. The summed E-state index contributed by atoms with van der Waals surface area (Å²) in [5.41, 5.74) is 0. The van der Waals surface area contributed by atoms with Crippen LogP contribution in [0.1, 0.15) is 60.3 Å². The molecule has 0 aliphatic heterocycles. The first kappa shape index (κ1) is 14.9. The Morgan fingerprint density at radius 2 is 1.73 bits per heavy atom. The maximum absolute atomic E-state index is 11.8. The van der Waals surface area contributed by atoms with E-state index in [0.29, 0.717) is 0 Å². The van der Waals surface area contributed by atoms with E-state index in [4.69, 9.17) is 0 Å². The summed E-state index contributed by atoms with van der Waals surface area (Å²) < 4.78 is 25.6. The van der Waals surface area contributed by atoms with Gasteiger partial charge in [-0.15, -0.1) is 0 Å². The SMILES string of the molecule is CCCCCC(C)NS(=O)(=O)C(C)(C)C. The first-order chi connectivity index (χ1) is 6.70. The molecule has 0 aromatic carbocycles. The van der Waals surface area contributed by atoms with Crippen molar-refractivity contribution in [2.45, 2.75) is 71.1 Å². The van der Waals surface area contributed by atoms with Gasteiger partial charge >= 0.3 is 0 Å². The lowest BCUT2D eigenvalue weighted by Crippen LogP contribution is -2.43. The highest BCUT2D eigenvalue weighted by Gasteiger charge is 2.29. The molecule has 0 heterocycles. The zero-order chi connectivity index (χ0) is 12.1. The van der Waals surface area contributed by atoms with E-state index in [9.17, 15) is 8.42 Å². The maximum Gasteiger partial charge on any atom is 0.216 e. The first-order valence-corrected chi connectivity index (χ1v) is 7.21. The summed E-state index contributed by atoms with van der Waals surface area (Å²) in [4.78, 5) is 0.